The monoisotopic (exact) mass is 182 g/mol. The minimum atomic E-state index is -0.935. The first-order valence-corrected chi connectivity index (χ1v) is 3.95. The maximum Gasteiger partial charge on any atom is 0.323 e. The summed E-state index contributed by atoms with van der Waals surface area (Å²) in [7, 11) is 0. The molecule has 4 nitrogen and oxygen atoms in total. The second kappa shape index (κ2) is 4.45. The molecule has 1 unspecified atom stereocenters. The number of hydrogen-bond donors (Lipinski definition) is 0. The van der Waals surface area contributed by atoms with Gasteiger partial charge in [0.2, 0.25) is 0 Å². The number of esters is 1. The van der Waals surface area contributed by atoms with Crippen molar-refractivity contribution in [1.82, 2.24) is 0 Å². The molecule has 0 aliphatic rings. The standard InChI is InChI=1S/C9H10O4/c1-2-12-9(11)7(6-10)8-4-3-5-13-8/h3-7H,2H2,1H3. The quantitative estimate of drug-likeness (QED) is 0.398. The minimum absolute atomic E-state index is 0.254. The molecule has 0 bridgehead atoms. The summed E-state index contributed by atoms with van der Waals surface area (Å²) in [5, 5.41) is 0. The van der Waals surface area contributed by atoms with Crippen LogP contribution < -0.4 is 0 Å². The SMILES string of the molecule is CCOC(=O)C(C=O)c1ccco1. The number of furan rings is 1. The van der Waals surface area contributed by atoms with Crippen LogP contribution in [-0.2, 0) is 14.3 Å². The average molecular weight is 182 g/mol. The Morgan fingerprint density at radius 1 is 1.77 bits per heavy atom. The van der Waals surface area contributed by atoms with Gasteiger partial charge in [-0.1, -0.05) is 0 Å². The first-order valence-electron chi connectivity index (χ1n) is 3.95. The molecule has 1 heterocycles. The highest BCUT2D eigenvalue weighted by molar-refractivity contribution is 5.93. The van der Waals surface area contributed by atoms with E-state index in [1.165, 1.54) is 6.26 Å². The molecule has 0 saturated carbocycles. The average Bonchev–Trinajstić information content (AvgIpc) is 2.59. The van der Waals surface area contributed by atoms with Crippen molar-refractivity contribution in [2.75, 3.05) is 6.61 Å². The topological polar surface area (TPSA) is 56.5 Å². The molecule has 0 saturated heterocycles. The van der Waals surface area contributed by atoms with E-state index >= 15 is 0 Å². The lowest BCUT2D eigenvalue weighted by Gasteiger charge is -2.05. The zero-order valence-electron chi connectivity index (χ0n) is 7.23. The van der Waals surface area contributed by atoms with Gasteiger partial charge in [-0.05, 0) is 19.1 Å². The van der Waals surface area contributed by atoms with Crippen LogP contribution in [0.3, 0.4) is 0 Å². The van der Waals surface area contributed by atoms with Crippen molar-refractivity contribution in [2.45, 2.75) is 12.8 Å². The van der Waals surface area contributed by atoms with Crippen LogP contribution in [0.5, 0.6) is 0 Å². The predicted molar refractivity (Wildman–Crippen MR) is 44.1 cm³/mol. The Hall–Kier alpha value is -1.58. The van der Waals surface area contributed by atoms with Crippen LogP contribution in [0.25, 0.3) is 0 Å². The number of rotatable bonds is 4. The predicted octanol–water partition coefficient (Wildman–Crippen LogP) is 1.13. The van der Waals surface area contributed by atoms with E-state index in [-0.39, 0.29) is 6.61 Å². The molecule has 0 fully saturated rings. The first-order chi connectivity index (χ1) is 6.29. The van der Waals surface area contributed by atoms with Crippen LogP contribution in [0.2, 0.25) is 0 Å². The Morgan fingerprint density at radius 3 is 3.00 bits per heavy atom. The van der Waals surface area contributed by atoms with E-state index in [0.717, 1.165) is 0 Å². The minimum Gasteiger partial charge on any atom is -0.468 e. The van der Waals surface area contributed by atoms with Crippen molar-refractivity contribution in [3.8, 4) is 0 Å². The normalized spacial score (nSPS) is 12.1. The third kappa shape index (κ3) is 2.18. The van der Waals surface area contributed by atoms with Gasteiger partial charge in [0.15, 0.2) is 5.92 Å². The summed E-state index contributed by atoms with van der Waals surface area (Å²) in [4.78, 5) is 21.7. The van der Waals surface area contributed by atoms with Gasteiger partial charge in [0.05, 0.1) is 12.9 Å². The number of ether oxygens (including phenoxy) is 1. The molecular formula is C9H10O4. The second-order valence-electron chi connectivity index (χ2n) is 2.38. The zero-order chi connectivity index (χ0) is 9.68. The molecule has 1 atom stereocenters. The third-order valence-electron chi connectivity index (χ3n) is 1.53. The molecule has 4 heteroatoms. The van der Waals surface area contributed by atoms with Crippen molar-refractivity contribution in [3.63, 3.8) is 0 Å². The Labute approximate surface area is 75.5 Å². The maximum atomic E-state index is 11.2. The van der Waals surface area contributed by atoms with E-state index in [0.29, 0.717) is 12.0 Å². The lowest BCUT2D eigenvalue weighted by atomic mass is 10.1. The van der Waals surface area contributed by atoms with Gasteiger partial charge in [-0.2, -0.15) is 0 Å². The molecule has 13 heavy (non-hydrogen) atoms. The Balaban J connectivity index is 2.74. The largest absolute Gasteiger partial charge is 0.468 e. The van der Waals surface area contributed by atoms with Crippen molar-refractivity contribution < 1.29 is 18.7 Å². The van der Waals surface area contributed by atoms with Gasteiger partial charge in [0, 0.05) is 0 Å². The summed E-state index contributed by atoms with van der Waals surface area (Å²) < 4.78 is 9.61. The van der Waals surface area contributed by atoms with E-state index < -0.39 is 11.9 Å². The molecule has 0 amide bonds. The molecule has 0 aliphatic carbocycles. The summed E-state index contributed by atoms with van der Waals surface area (Å²) in [6, 6.07) is 3.18. The smallest absolute Gasteiger partial charge is 0.323 e. The Kier molecular flexibility index (Phi) is 3.25. The molecule has 1 aromatic rings. The van der Waals surface area contributed by atoms with Crippen LogP contribution in [0.4, 0.5) is 0 Å². The van der Waals surface area contributed by atoms with Gasteiger partial charge in [-0.3, -0.25) is 4.79 Å². The lowest BCUT2D eigenvalue weighted by Crippen LogP contribution is -2.16. The molecule has 1 rings (SSSR count). The number of aldehydes is 1. The fourth-order valence-corrected chi connectivity index (χ4v) is 0.939. The molecule has 0 aromatic carbocycles. The third-order valence-corrected chi connectivity index (χ3v) is 1.53. The van der Waals surface area contributed by atoms with Crippen molar-refractivity contribution in [3.05, 3.63) is 24.2 Å². The molecule has 0 aliphatic heterocycles. The summed E-state index contributed by atoms with van der Waals surface area (Å²) >= 11 is 0. The maximum absolute atomic E-state index is 11.2. The lowest BCUT2D eigenvalue weighted by molar-refractivity contribution is -0.146. The Morgan fingerprint density at radius 2 is 2.54 bits per heavy atom. The van der Waals surface area contributed by atoms with E-state index in [4.69, 9.17) is 4.42 Å². The second-order valence-corrected chi connectivity index (χ2v) is 2.38. The van der Waals surface area contributed by atoms with Gasteiger partial charge < -0.3 is 13.9 Å². The molecule has 0 spiro atoms. The Bertz CT molecular complexity index is 276. The fraction of sp³-hybridized carbons (Fsp3) is 0.333. The van der Waals surface area contributed by atoms with Crippen LogP contribution >= 0.6 is 0 Å². The van der Waals surface area contributed by atoms with Gasteiger partial charge in [0.25, 0.3) is 0 Å². The summed E-state index contributed by atoms with van der Waals surface area (Å²) in [6.07, 6.45) is 1.92. The highest BCUT2D eigenvalue weighted by Gasteiger charge is 2.23. The van der Waals surface area contributed by atoms with Gasteiger partial charge in [-0.15, -0.1) is 0 Å². The van der Waals surface area contributed by atoms with Crippen molar-refractivity contribution in [1.29, 1.82) is 0 Å². The van der Waals surface area contributed by atoms with Crippen LogP contribution in [0, 0.1) is 0 Å². The van der Waals surface area contributed by atoms with Crippen LogP contribution in [0.1, 0.15) is 18.6 Å². The number of carbonyl (C=O) groups is 2. The van der Waals surface area contributed by atoms with Gasteiger partial charge >= 0.3 is 5.97 Å². The van der Waals surface area contributed by atoms with E-state index in [1.54, 1.807) is 19.1 Å². The summed E-state index contributed by atoms with van der Waals surface area (Å²) in [6.45, 7) is 1.94. The van der Waals surface area contributed by atoms with Crippen molar-refractivity contribution in [2.24, 2.45) is 0 Å². The van der Waals surface area contributed by atoms with E-state index in [9.17, 15) is 9.59 Å². The molecule has 1 aromatic heterocycles. The van der Waals surface area contributed by atoms with E-state index in [1.807, 2.05) is 0 Å². The summed E-state index contributed by atoms with van der Waals surface area (Å²) in [5.74, 6) is -1.20. The molecule has 0 radical (unpaired) electrons. The first kappa shape index (κ1) is 9.51. The van der Waals surface area contributed by atoms with Crippen molar-refractivity contribution >= 4 is 12.3 Å². The highest BCUT2D eigenvalue weighted by Crippen LogP contribution is 2.15. The molecule has 0 N–H and O–H groups in total. The van der Waals surface area contributed by atoms with Crippen LogP contribution in [0.15, 0.2) is 22.8 Å². The number of hydrogen-bond acceptors (Lipinski definition) is 4. The van der Waals surface area contributed by atoms with Gasteiger partial charge in [0.1, 0.15) is 12.0 Å². The number of carbonyl (C=O) groups excluding carboxylic acids is 2. The fourth-order valence-electron chi connectivity index (χ4n) is 0.939. The van der Waals surface area contributed by atoms with Gasteiger partial charge in [-0.25, -0.2) is 0 Å². The highest BCUT2D eigenvalue weighted by atomic mass is 16.5. The van der Waals surface area contributed by atoms with E-state index in [2.05, 4.69) is 4.74 Å². The van der Waals surface area contributed by atoms with Crippen LogP contribution in [-0.4, -0.2) is 18.9 Å². The zero-order valence-corrected chi connectivity index (χ0v) is 7.23. The molecular weight excluding hydrogens is 172 g/mol. The summed E-state index contributed by atoms with van der Waals surface area (Å²) in [5.41, 5.74) is 0. The molecule has 70 valence electrons.